The smallest absolute Gasteiger partial charge is 0.244 e. The van der Waals surface area contributed by atoms with Crippen molar-refractivity contribution in [3.05, 3.63) is 95.0 Å². The molecule has 2 aromatic carbocycles. The van der Waals surface area contributed by atoms with Crippen LogP contribution in [0.4, 0.5) is 4.39 Å². The highest BCUT2D eigenvalue weighted by Crippen LogP contribution is 2.23. The van der Waals surface area contributed by atoms with E-state index < -0.39 is 0 Å². The predicted octanol–water partition coefficient (Wildman–Crippen LogP) is 5.43. The van der Waals surface area contributed by atoms with Crippen molar-refractivity contribution in [1.82, 2.24) is 10.3 Å². The summed E-state index contributed by atoms with van der Waals surface area (Å²) in [6.07, 6.45) is 4.51. The van der Waals surface area contributed by atoms with Gasteiger partial charge in [0.25, 0.3) is 0 Å². The summed E-state index contributed by atoms with van der Waals surface area (Å²) < 4.78 is 13.6. The molecule has 3 rings (SSSR count). The van der Waals surface area contributed by atoms with Crippen LogP contribution in [0.25, 0.3) is 17.2 Å². The molecule has 0 aliphatic rings. The summed E-state index contributed by atoms with van der Waals surface area (Å²) in [5.74, 6) is -0.650. The Balaban J connectivity index is 1.70. The highest BCUT2D eigenvalue weighted by Gasteiger charge is 2.09. The zero-order valence-electron chi connectivity index (χ0n) is 14.7. The van der Waals surface area contributed by atoms with Crippen molar-refractivity contribution in [3.63, 3.8) is 0 Å². The van der Waals surface area contributed by atoms with Gasteiger partial charge in [-0.2, -0.15) is 0 Å². The fourth-order valence-electron chi connectivity index (χ4n) is 2.65. The number of nitrogens with zero attached hydrogens (tertiary/aromatic N) is 1. The van der Waals surface area contributed by atoms with Crippen molar-refractivity contribution in [2.75, 3.05) is 0 Å². The molecule has 0 saturated carbocycles. The van der Waals surface area contributed by atoms with E-state index in [1.165, 1.54) is 18.2 Å². The normalized spacial score (nSPS) is 12.1. The summed E-state index contributed by atoms with van der Waals surface area (Å²) in [6, 6.07) is 17.6. The molecule has 0 aliphatic heterocycles. The third-order valence-electron chi connectivity index (χ3n) is 4.13. The van der Waals surface area contributed by atoms with E-state index in [0.717, 1.165) is 16.7 Å². The lowest BCUT2D eigenvalue weighted by atomic mass is 10.0. The largest absolute Gasteiger partial charge is 0.346 e. The SMILES string of the molecule is CC(NC(=O)/C=C/c1ccccc1F)c1cccc(-c2ccc(Cl)nc2)c1. The third-order valence-corrected chi connectivity index (χ3v) is 4.35. The molecule has 1 aromatic heterocycles. The average Bonchev–Trinajstić information content (AvgIpc) is 2.68. The first kappa shape index (κ1) is 18.8. The fraction of sp³-hybridized carbons (Fsp3) is 0.0909. The van der Waals surface area contributed by atoms with Crippen LogP contribution in [0.2, 0.25) is 5.15 Å². The topological polar surface area (TPSA) is 42.0 Å². The number of rotatable bonds is 5. The maximum absolute atomic E-state index is 13.6. The summed E-state index contributed by atoms with van der Waals surface area (Å²) >= 11 is 5.83. The molecule has 136 valence electrons. The number of hydrogen-bond acceptors (Lipinski definition) is 2. The molecule has 1 amide bonds. The van der Waals surface area contributed by atoms with Gasteiger partial charge in [-0.3, -0.25) is 4.79 Å². The number of halogens is 2. The molecule has 3 nitrogen and oxygen atoms in total. The molecule has 0 fully saturated rings. The Bertz CT molecular complexity index is 970. The number of pyridine rings is 1. The molecule has 0 spiro atoms. The van der Waals surface area contributed by atoms with Crippen molar-refractivity contribution in [2.45, 2.75) is 13.0 Å². The maximum Gasteiger partial charge on any atom is 0.244 e. The third kappa shape index (κ3) is 5.02. The molecular formula is C22H18ClFN2O. The van der Waals surface area contributed by atoms with Gasteiger partial charge in [-0.1, -0.05) is 48.0 Å². The van der Waals surface area contributed by atoms with Crippen LogP contribution in [-0.4, -0.2) is 10.9 Å². The summed E-state index contributed by atoms with van der Waals surface area (Å²) in [4.78, 5) is 16.3. The van der Waals surface area contributed by atoms with Crippen LogP contribution < -0.4 is 5.32 Å². The van der Waals surface area contributed by atoms with E-state index in [9.17, 15) is 9.18 Å². The molecule has 1 unspecified atom stereocenters. The summed E-state index contributed by atoms with van der Waals surface area (Å²) in [7, 11) is 0. The van der Waals surface area contributed by atoms with Gasteiger partial charge in [0.05, 0.1) is 6.04 Å². The minimum Gasteiger partial charge on any atom is -0.346 e. The van der Waals surface area contributed by atoms with Gasteiger partial charge in [-0.05, 0) is 48.4 Å². The zero-order chi connectivity index (χ0) is 19.2. The van der Waals surface area contributed by atoms with E-state index in [2.05, 4.69) is 10.3 Å². The van der Waals surface area contributed by atoms with Gasteiger partial charge in [-0.25, -0.2) is 9.37 Å². The quantitative estimate of drug-likeness (QED) is 0.473. The van der Waals surface area contributed by atoms with Gasteiger partial charge < -0.3 is 5.32 Å². The van der Waals surface area contributed by atoms with E-state index in [1.807, 2.05) is 37.3 Å². The van der Waals surface area contributed by atoms with Crippen LogP contribution in [-0.2, 0) is 4.79 Å². The molecular weight excluding hydrogens is 363 g/mol. The van der Waals surface area contributed by atoms with E-state index >= 15 is 0 Å². The van der Waals surface area contributed by atoms with Crippen LogP contribution in [0.1, 0.15) is 24.1 Å². The highest BCUT2D eigenvalue weighted by atomic mass is 35.5. The molecule has 1 heterocycles. The van der Waals surface area contributed by atoms with E-state index in [-0.39, 0.29) is 17.8 Å². The molecule has 5 heteroatoms. The fourth-order valence-corrected chi connectivity index (χ4v) is 2.77. The second kappa shape index (κ2) is 8.60. The molecule has 0 aliphatic carbocycles. The lowest BCUT2D eigenvalue weighted by molar-refractivity contribution is -0.117. The lowest BCUT2D eigenvalue weighted by Crippen LogP contribution is -2.24. The minimum atomic E-state index is -0.362. The standard InChI is InChI=1S/C22H18ClFN2O/c1-15(26-22(27)12-10-16-5-2-3-8-20(16)24)17-6-4-7-18(13-17)19-9-11-21(23)25-14-19/h2-15H,1H3,(H,26,27)/b12-10+. The zero-order valence-corrected chi connectivity index (χ0v) is 15.5. The van der Waals surface area contributed by atoms with Gasteiger partial charge in [0.2, 0.25) is 5.91 Å². The predicted molar refractivity (Wildman–Crippen MR) is 107 cm³/mol. The Morgan fingerprint density at radius 2 is 1.93 bits per heavy atom. The van der Waals surface area contributed by atoms with Gasteiger partial charge in [0, 0.05) is 23.4 Å². The average molecular weight is 381 g/mol. The molecule has 0 radical (unpaired) electrons. The van der Waals surface area contributed by atoms with E-state index in [0.29, 0.717) is 10.7 Å². The van der Waals surface area contributed by atoms with Crippen LogP contribution >= 0.6 is 11.6 Å². The Morgan fingerprint density at radius 3 is 2.67 bits per heavy atom. The summed E-state index contributed by atoms with van der Waals surface area (Å²) in [5.41, 5.74) is 3.26. The molecule has 1 N–H and O–H groups in total. The van der Waals surface area contributed by atoms with E-state index in [4.69, 9.17) is 11.6 Å². The maximum atomic E-state index is 13.6. The number of hydrogen-bond donors (Lipinski definition) is 1. The van der Waals surface area contributed by atoms with Crippen LogP contribution in [0, 0.1) is 5.82 Å². The molecule has 1 atom stereocenters. The van der Waals surface area contributed by atoms with E-state index in [1.54, 1.807) is 30.5 Å². The van der Waals surface area contributed by atoms with Crippen molar-refractivity contribution in [2.24, 2.45) is 0 Å². The van der Waals surface area contributed by atoms with Crippen molar-refractivity contribution in [3.8, 4) is 11.1 Å². The summed E-state index contributed by atoms with van der Waals surface area (Å²) in [6.45, 7) is 1.90. The Labute approximate surface area is 162 Å². The van der Waals surface area contributed by atoms with Crippen molar-refractivity contribution >= 4 is 23.6 Å². The summed E-state index contributed by atoms with van der Waals surface area (Å²) in [5, 5.41) is 3.33. The van der Waals surface area contributed by atoms with Crippen LogP contribution in [0.15, 0.2) is 72.9 Å². The molecule has 3 aromatic rings. The number of nitrogens with one attached hydrogen (secondary N) is 1. The van der Waals surface area contributed by atoms with Crippen LogP contribution in [0.3, 0.4) is 0 Å². The molecule has 0 bridgehead atoms. The number of amides is 1. The Kier molecular flexibility index (Phi) is 5.99. The first-order valence-electron chi connectivity index (χ1n) is 8.48. The lowest BCUT2D eigenvalue weighted by Gasteiger charge is -2.14. The Morgan fingerprint density at radius 1 is 1.11 bits per heavy atom. The first-order chi connectivity index (χ1) is 13.0. The van der Waals surface area contributed by atoms with Gasteiger partial charge in [-0.15, -0.1) is 0 Å². The first-order valence-corrected chi connectivity index (χ1v) is 8.86. The molecule has 27 heavy (non-hydrogen) atoms. The van der Waals surface area contributed by atoms with Crippen LogP contribution in [0.5, 0.6) is 0 Å². The molecule has 0 saturated heterocycles. The minimum absolute atomic E-state index is 0.206. The highest BCUT2D eigenvalue weighted by molar-refractivity contribution is 6.29. The second-order valence-corrected chi connectivity index (χ2v) is 6.47. The second-order valence-electron chi connectivity index (χ2n) is 6.08. The Hall–Kier alpha value is -2.98. The van der Waals surface area contributed by atoms with Gasteiger partial charge in [0.1, 0.15) is 11.0 Å². The number of carbonyl (C=O) groups is 1. The number of benzene rings is 2. The number of carbonyl (C=O) groups excluding carboxylic acids is 1. The monoisotopic (exact) mass is 380 g/mol. The van der Waals surface area contributed by atoms with Crippen molar-refractivity contribution in [1.29, 1.82) is 0 Å². The van der Waals surface area contributed by atoms with Gasteiger partial charge >= 0.3 is 0 Å². The number of aromatic nitrogens is 1. The van der Waals surface area contributed by atoms with Gasteiger partial charge in [0.15, 0.2) is 0 Å². The van der Waals surface area contributed by atoms with Crippen molar-refractivity contribution < 1.29 is 9.18 Å².